The third-order valence-electron chi connectivity index (χ3n) is 3.93. The Morgan fingerprint density at radius 3 is 2.52 bits per heavy atom. The molecular weight excluding hydrogens is 330 g/mol. The molecule has 0 spiro atoms. The largest absolute Gasteiger partial charge is 0.355 e. The van der Waals surface area contributed by atoms with Crippen LogP contribution in [0.25, 0.3) is 11.3 Å². The van der Waals surface area contributed by atoms with Crippen molar-refractivity contribution in [2.45, 2.75) is 26.4 Å². The topological polar surface area (TPSA) is 54.0 Å². The van der Waals surface area contributed by atoms with Gasteiger partial charge in [0.25, 0.3) is 0 Å². The second-order valence-corrected chi connectivity index (χ2v) is 6.78. The summed E-state index contributed by atoms with van der Waals surface area (Å²) < 4.78 is 0. The quantitative estimate of drug-likeness (QED) is 0.681. The Hall–Kier alpha value is -2.66. The van der Waals surface area contributed by atoms with Crippen molar-refractivity contribution in [3.05, 3.63) is 71.1 Å². The van der Waals surface area contributed by atoms with Crippen LogP contribution in [-0.2, 0) is 11.3 Å². The smallest absolute Gasteiger partial charge is 0.217 e. The van der Waals surface area contributed by atoms with Crippen LogP contribution in [0, 0.1) is 0 Å². The van der Waals surface area contributed by atoms with E-state index in [2.05, 4.69) is 40.1 Å². The minimum atomic E-state index is -0.0215. The first-order chi connectivity index (χ1) is 12.1. The van der Waals surface area contributed by atoms with Crippen LogP contribution < -0.4 is 10.6 Å². The molecule has 0 aliphatic carbocycles. The summed E-state index contributed by atoms with van der Waals surface area (Å²) in [7, 11) is 0. The Kier molecular flexibility index (Phi) is 5.46. The number of hydrogen-bond acceptors (Lipinski definition) is 4. The Labute approximate surface area is 151 Å². The van der Waals surface area contributed by atoms with Gasteiger partial charge >= 0.3 is 0 Å². The second kappa shape index (κ2) is 7.94. The Balaban J connectivity index is 1.66. The summed E-state index contributed by atoms with van der Waals surface area (Å²) >= 11 is 1.61. The first-order valence-electron chi connectivity index (χ1n) is 8.22. The van der Waals surface area contributed by atoms with Crippen molar-refractivity contribution in [3.63, 3.8) is 0 Å². The predicted molar refractivity (Wildman–Crippen MR) is 104 cm³/mol. The number of amides is 1. The van der Waals surface area contributed by atoms with E-state index in [9.17, 15) is 4.79 Å². The number of thiazole rings is 1. The van der Waals surface area contributed by atoms with Gasteiger partial charge in [-0.3, -0.25) is 4.79 Å². The fraction of sp³-hybridized carbons (Fsp3) is 0.200. The van der Waals surface area contributed by atoms with Crippen molar-refractivity contribution in [1.29, 1.82) is 0 Å². The van der Waals surface area contributed by atoms with E-state index in [1.54, 1.807) is 11.3 Å². The molecule has 128 valence electrons. The SMILES string of the molecule is CC(=O)NCc1ccc(-c2csc(N[C@@H](C)c3ccccc3)n2)cc1. The van der Waals surface area contributed by atoms with E-state index in [0.717, 1.165) is 22.0 Å². The number of nitrogens with one attached hydrogen (secondary N) is 2. The zero-order valence-corrected chi connectivity index (χ0v) is 15.1. The van der Waals surface area contributed by atoms with Gasteiger partial charge in [-0.2, -0.15) is 0 Å². The van der Waals surface area contributed by atoms with Gasteiger partial charge in [-0.05, 0) is 18.1 Å². The standard InChI is InChI=1S/C20H21N3OS/c1-14(17-6-4-3-5-7-17)22-20-23-19(13-25-20)18-10-8-16(9-11-18)12-21-15(2)24/h3-11,13-14H,12H2,1-2H3,(H,21,24)(H,22,23)/t14-/m0/s1. The zero-order chi connectivity index (χ0) is 17.6. The van der Waals surface area contributed by atoms with Gasteiger partial charge in [-0.15, -0.1) is 11.3 Å². The summed E-state index contributed by atoms with van der Waals surface area (Å²) in [5.74, 6) is -0.0215. The molecule has 0 unspecified atom stereocenters. The van der Waals surface area contributed by atoms with Crippen molar-refractivity contribution >= 4 is 22.4 Å². The van der Waals surface area contributed by atoms with E-state index in [-0.39, 0.29) is 11.9 Å². The van der Waals surface area contributed by atoms with E-state index in [1.165, 1.54) is 12.5 Å². The molecule has 3 aromatic rings. The Bertz CT molecular complexity index is 828. The predicted octanol–water partition coefficient (Wildman–Crippen LogP) is 4.62. The van der Waals surface area contributed by atoms with Crippen LogP contribution >= 0.6 is 11.3 Å². The van der Waals surface area contributed by atoms with Gasteiger partial charge in [-0.25, -0.2) is 4.98 Å². The van der Waals surface area contributed by atoms with E-state index in [4.69, 9.17) is 0 Å². The highest BCUT2D eigenvalue weighted by Crippen LogP contribution is 2.27. The number of carbonyl (C=O) groups is 1. The lowest BCUT2D eigenvalue weighted by Crippen LogP contribution is -2.18. The molecule has 3 rings (SSSR count). The highest BCUT2D eigenvalue weighted by Gasteiger charge is 2.09. The van der Waals surface area contributed by atoms with E-state index < -0.39 is 0 Å². The van der Waals surface area contributed by atoms with E-state index >= 15 is 0 Å². The number of carbonyl (C=O) groups excluding carboxylic acids is 1. The summed E-state index contributed by atoms with van der Waals surface area (Å²) in [6.07, 6.45) is 0. The maximum absolute atomic E-state index is 11.0. The number of anilines is 1. The molecule has 1 amide bonds. The molecule has 2 N–H and O–H groups in total. The third kappa shape index (κ3) is 4.67. The fourth-order valence-electron chi connectivity index (χ4n) is 2.50. The molecule has 0 fully saturated rings. The first-order valence-corrected chi connectivity index (χ1v) is 9.10. The highest BCUT2D eigenvalue weighted by atomic mass is 32.1. The molecule has 5 heteroatoms. The summed E-state index contributed by atoms with van der Waals surface area (Å²) in [6.45, 7) is 4.20. The Morgan fingerprint density at radius 1 is 1.12 bits per heavy atom. The van der Waals surface area contributed by atoms with Crippen LogP contribution in [0.5, 0.6) is 0 Å². The first kappa shape index (κ1) is 17.2. The summed E-state index contributed by atoms with van der Waals surface area (Å²) in [5.41, 5.74) is 4.34. The molecule has 2 aromatic carbocycles. The monoisotopic (exact) mass is 351 g/mol. The number of benzene rings is 2. The molecule has 0 saturated heterocycles. The number of hydrogen-bond donors (Lipinski definition) is 2. The van der Waals surface area contributed by atoms with Gasteiger partial charge in [0.2, 0.25) is 5.91 Å². The van der Waals surface area contributed by atoms with Crippen LogP contribution in [0.3, 0.4) is 0 Å². The van der Waals surface area contributed by atoms with Crippen LogP contribution in [0.15, 0.2) is 60.0 Å². The number of nitrogens with zero attached hydrogens (tertiary/aromatic N) is 1. The zero-order valence-electron chi connectivity index (χ0n) is 14.3. The minimum absolute atomic E-state index is 0.0215. The van der Waals surface area contributed by atoms with Crippen molar-refractivity contribution in [2.75, 3.05) is 5.32 Å². The molecule has 0 aliphatic heterocycles. The molecule has 0 saturated carbocycles. The summed E-state index contributed by atoms with van der Waals surface area (Å²) in [4.78, 5) is 15.7. The molecule has 25 heavy (non-hydrogen) atoms. The van der Waals surface area contributed by atoms with Gasteiger partial charge in [-0.1, -0.05) is 54.6 Å². The normalized spacial score (nSPS) is 11.8. The van der Waals surface area contributed by atoms with Gasteiger partial charge < -0.3 is 10.6 Å². The van der Waals surface area contributed by atoms with Gasteiger partial charge in [0, 0.05) is 24.4 Å². The molecule has 0 aliphatic rings. The minimum Gasteiger partial charge on any atom is -0.355 e. The Morgan fingerprint density at radius 2 is 1.84 bits per heavy atom. The lowest BCUT2D eigenvalue weighted by Gasteiger charge is -2.12. The molecule has 1 heterocycles. The van der Waals surface area contributed by atoms with Gasteiger partial charge in [0.05, 0.1) is 11.7 Å². The van der Waals surface area contributed by atoms with Gasteiger partial charge in [0.1, 0.15) is 0 Å². The molecule has 1 atom stereocenters. The molecule has 0 bridgehead atoms. The van der Waals surface area contributed by atoms with Crippen LogP contribution in [0.4, 0.5) is 5.13 Å². The second-order valence-electron chi connectivity index (χ2n) is 5.92. The fourth-order valence-corrected chi connectivity index (χ4v) is 3.31. The molecule has 1 aromatic heterocycles. The van der Waals surface area contributed by atoms with Gasteiger partial charge in [0.15, 0.2) is 5.13 Å². The lowest BCUT2D eigenvalue weighted by molar-refractivity contribution is -0.119. The summed E-state index contributed by atoms with van der Waals surface area (Å²) in [5, 5.41) is 9.22. The highest BCUT2D eigenvalue weighted by molar-refractivity contribution is 7.14. The average Bonchev–Trinajstić information content (AvgIpc) is 3.09. The van der Waals surface area contributed by atoms with Crippen molar-refractivity contribution in [3.8, 4) is 11.3 Å². The number of aromatic nitrogens is 1. The van der Waals surface area contributed by atoms with Crippen LogP contribution in [-0.4, -0.2) is 10.9 Å². The third-order valence-corrected chi connectivity index (χ3v) is 4.71. The molecule has 0 radical (unpaired) electrons. The maximum Gasteiger partial charge on any atom is 0.217 e. The van der Waals surface area contributed by atoms with Crippen LogP contribution in [0.2, 0.25) is 0 Å². The van der Waals surface area contributed by atoms with Crippen LogP contribution in [0.1, 0.15) is 31.0 Å². The van der Waals surface area contributed by atoms with Crippen molar-refractivity contribution < 1.29 is 4.79 Å². The van der Waals surface area contributed by atoms with Crippen molar-refractivity contribution in [2.24, 2.45) is 0 Å². The average molecular weight is 351 g/mol. The lowest BCUT2D eigenvalue weighted by atomic mass is 10.1. The molecule has 4 nitrogen and oxygen atoms in total. The molecular formula is C20H21N3OS. The van der Waals surface area contributed by atoms with E-state index in [0.29, 0.717) is 6.54 Å². The number of rotatable bonds is 6. The summed E-state index contributed by atoms with van der Waals surface area (Å²) in [6, 6.07) is 18.7. The maximum atomic E-state index is 11.0. The van der Waals surface area contributed by atoms with Crippen molar-refractivity contribution in [1.82, 2.24) is 10.3 Å². The van der Waals surface area contributed by atoms with E-state index in [1.807, 2.05) is 42.5 Å².